The lowest BCUT2D eigenvalue weighted by Crippen LogP contribution is -2.11. The van der Waals surface area contributed by atoms with Gasteiger partial charge >= 0.3 is 6.18 Å². The van der Waals surface area contributed by atoms with E-state index >= 15 is 0 Å². The molecule has 0 fully saturated rings. The third-order valence-electron chi connectivity index (χ3n) is 2.79. The molecule has 0 radical (unpaired) electrons. The number of benzene rings is 2. The van der Waals surface area contributed by atoms with Gasteiger partial charge in [-0.3, -0.25) is 0 Å². The molecule has 0 saturated carbocycles. The Morgan fingerprint density at radius 3 is 2.21 bits per heavy atom. The Hall–Kier alpha value is -2.28. The first-order valence-electron chi connectivity index (χ1n) is 5.65. The summed E-state index contributed by atoms with van der Waals surface area (Å²) in [5.41, 5.74) is -0.102. The quantitative estimate of drug-likeness (QED) is 0.784. The van der Waals surface area contributed by atoms with Crippen molar-refractivity contribution in [2.75, 3.05) is 0 Å². The summed E-state index contributed by atoms with van der Waals surface area (Å²) in [4.78, 5) is 0. The lowest BCUT2D eigenvalue weighted by atomic mass is 9.94. The first kappa shape index (κ1) is 13.2. The second kappa shape index (κ2) is 5.15. The molecule has 0 atom stereocenters. The highest BCUT2D eigenvalue weighted by Gasteiger charge is 2.36. The fraction of sp³-hybridized carbons (Fsp3) is 0.133. The molecule has 2 rings (SSSR count). The Bertz CT molecular complexity index is 610. The van der Waals surface area contributed by atoms with Crippen LogP contribution < -0.4 is 0 Å². The Morgan fingerprint density at radius 1 is 0.947 bits per heavy atom. The number of rotatable bonds is 2. The van der Waals surface area contributed by atoms with Gasteiger partial charge in [-0.2, -0.15) is 18.4 Å². The van der Waals surface area contributed by atoms with Crippen LogP contribution in [-0.2, 0) is 12.6 Å². The van der Waals surface area contributed by atoms with Crippen molar-refractivity contribution in [2.45, 2.75) is 12.6 Å². The van der Waals surface area contributed by atoms with Crippen LogP contribution in [0.15, 0.2) is 48.5 Å². The van der Waals surface area contributed by atoms with E-state index in [-0.39, 0.29) is 17.5 Å². The maximum Gasteiger partial charge on any atom is 0.417 e. The van der Waals surface area contributed by atoms with E-state index in [0.717, 1.165) is 0 Å². The van der Waals surface area contributed by atoms with Crippen LogP contribution in [0, 0.1) is 11.3 Å². The molecule has 0 spiro atoms. The Morgan fingerprint density at radius 2 is 1.63 bits per heavy atom. The molecule has 0 aromatic heterocycles. The molecule has 0 aliphatic heterocycles. The summed E-state index contributed by atoms with van der Waals surface area (Å²) >= 11 is 0. The van der Waals surface area contributed by atoms with Crippen LogP contribution in [0.3, 0.4) is 0 Å². The van der Waals surface area contributed by atoms with Gasteiger partial charge in [0, 0.05) is 0 Å². The smallest absolute Gasteiger partial charge is 0.198 e. The molecular formula is C15H10F3N. The van der Waals surface area contributed by atoms with Crippen LogP contribution in [0.4, 0.5) is 13.2 Å². The zero-order valence-corrected chi connectivity index (χ0v) is 9.91. The first-order chi connectivity index (χ1) is 9.04. The number of halogens is 3. The van der Waals surface area contributed by atoms with Crippen LogP contribution in [0.5, 0.6) is 0 Å². The van der Waals surface area contributed by atoms with Crippen molar-refractivity contribution in [3.05, 3.63) is 59.7 Å². The molecule has 0 saturated heterocycles. The van der Waals surface area contributed by atoms with Crippen molar-refractivity contribution < 1.29 is 13.2 Å². The minimum atomic E-state index is -4.47. The van der Waals surface area contributed by atoms with Gasteiger partial charge in [-0.25, -0.2) is 0 Å². The Balaban J connectivity index is 2.68. The van der Waals surface area contributed by atoms with E-state index < -0.39 is 11.7 Å². The predicted molar refractivity (Wildman–Crippen MR) is 66.2 cm³/mol. The summed E-state index contributed by atoms with van der Waals surface area (Å²) < 4.78 is 39.6. The molecule has 96 valence electrons. The van der Waals surface area contributed by atoms with Gasteiger partial charge in [0.25, 0.3) is 0 Å². The van der Waals surface area contributed by atoms with Gasteiger partial charge in [0.1, 0.15) is 0 Å². The summed E-state index contributed by atoms with van der Waals surface area (Å²) in [5, 5.41) is 8.65. The minimum Gasteiger partial charge on any atom is -0.198 e. The average molecular weight is 261 g/mol. The molecule has 4 heteroatoms. The molecule has 0 unspecified atom stereocenters. The number of nitrogens with zero attached hydrogens (tertiary/aromatic N) is 1. The molecule has 0 aliphatic rings. The molecule has 1 nitrogen and oxygen atoms in total. The summed E-state index contributed by atoms with van der Waals surface area (Å²) in [6.07, 6.45) is -4.73. The fourth-order valence-corrected chi connectivity index (χ4v) is 2.03. The lowest BCUT2D eigenvalue weighted by molar-refractivity contribution is -0.137. The van der Waals surface area contributed by atoms with E-state index in [1.165, 1.54) is 12.1 Å². The Labute approximate surface area is 108 Å². The van der Waals surface area contributed by atoms with E-state index in [4.69, 9.17) is 5.26 Å². The molecule has 2 aromatic rings. The van der Waals surface area contributed by atoms with E-state index in [0.29, 0.717) is 5.56 Å². The summed E-state index contributed by atoms with van der Waals surface area (Å²) in [7, 11) is 0. The predicted octanol–water partition coefficient (Wildman–Crippen LogP) is 4.44. The summed E-state index contributed by atoms with van der Waals surface area (Å²) in [5.74, 6) is 0. The lowest BCUT2D eigenvalue weighted by Gasteiger charge is -2.16. The summed E-state index contributed by atoms with van der Waals surface area (Å²) in [6, 6.07) is 14.5. The largest absolute Gasteiger partial charge is 0.417 e. The van der Waals surface area contributed by atoms with Crippen LogP contribution in [-0.4, -0.2) is 0 Å². The van der Waals surface area contributed by atoms with Gasteiger partial charge in [-0.05, 0) is 16.7 Å². The van der Waals surface area contributed by atoms with Gasteiger partial charge in [-0.1, -0.05) is 48.5 Å². The van der Waals surface area contributed by atoms with Gasteiger partial charge in [0.15, 0.2) is 0 Å². The van der Waals surface area contributed by atoms with Crippen LogP contribution >= 0.6 is 0 Å². The molecule has 0 heterocycles. The highest BCUT2D eigenvalue weighted by Crippen LogP contribution is 2.39. The molecule has 0 N–H and O–H groups in total. The van der Waals surface area contributed by atoms with E-state index in [2.05, 4.69) is 0 Å². The van der Waals surface area contributed by atoms with Crippen molar-refractivity contribution >= 4 is 0 Å². The number of alkyl halides is 3. The third kappa shape index (κ3) is 2.76. The monoisotopic (exact) mass is 261 g/mol. The highest BCUT2D eigenvalue weighted by atomic mass is 19.4. The first-order valence-corrected chi connectivity index (χ1v) is 5.65. The third-order valence-corrected chi connectivity index (χ3v) is 2.79. The van der Waals surface area contributed by atoms with Crippen molar-refractivity contribution in [1.82, 2.24) is 0 Å². The Kier molecular flexibility index (Phi) is 3.57. The second-order valence-electron chi connectivity index (χ2n) is 4.04. The molecule has 2 aromatic carbocycles. The van der Waals surface area contributed by atoms with Crippen LogP contribution in [0.1, 0.15) is 11.1 Å². The van der Waals surface area contributed by atoms with Crippen molar-refractivity contribution in [2.24, 2.45) is 0 Å². The number of hydrogen-bond acceptors (Lipinski definition) is 1. The molecule has 19 heavy (non-hydrogen) atoms. The molecule has 0 bridgehead atoms. The van der Waals surface area contributed by atoms with Crippen LogP contribution in [0.2, 0.25) is 0 Å². The van der Waals surface area contributed by atoms with E-state index in [1.54, 1.807) is 42.5 Å². The fourth-order valence-electron chi connectivity index (χ4n) is 2.03. The molecular weight excluding hydrogens is 251 g/mol. The average Bonchev–Trinajstić information content (AvgIpc) is 2.38. The van der Waals surface area contributed by atoms with Crippen molar-refractivity contribution in [3.8, 4) is 17.2 Å². The van der Waals surface area contributed by atoms with Gasteiger partial charge in [0.05, 0.1) is 18.1 Å². The maximum absolute atomic E-state index is 13.2. The van der Waals surface area contributed by atoms with Crippen molar-refractivity contribution in [3.63, 3.8) is 0 Å². The number of hydrogen-bond donors (Lipinski definition) is 0. The topological polar surface area (TPSA) is 23.8 Å². The van der Waals surface area contributed by atoms with E-state index in [1.807, 2.05) is 0 Å². The maximum atomic E-state index is 13.2. The van der Waals surface area contributed by atoms with E-state index in [9.17, 15) is 13.2 Å². The highest BCUT2D eigenvalue weighted by molar-refractivity contribution is 5.69. The minimum absolute atomic E-state index is 0.0105. The zero-order valence-electron chi connectivity index (χ0n) is 9.91. The van der Waals surface area contributed by atoms with Crippen molar-refractivity contribution in [1.29, 1.82) is 5.26 Å². The van der Waals surface area contributed by atoms with Gasteiger partial charge in [-0.15, -0.1) is 0 Å². The standard InChI is InChI=1S/C15H10F3N/c16-15(17,18)14-12(9-10-19)7-4-8-13(14)11-5-2-1-3-6-11/h1-8H,9H2. The molecule has 0 amide bonds. The van der Waals surface area contributed by atoms with Gasteiger partial charge in [0.2, 0.25) is 0 Å². The molecule has 0 aliphatic carbocycles. The van der Waals surface area contributed by atoms with Crippen LogP contribution in [0.25, 0.3) is 11.1 Å². The van der Waals surface area contributed by atoms with Gasteiger partial charge < -0.3 is 0 Å². The normalized spacial score (nSPS) is 11.1. The SMILES string of the molecule is N#CCc1cccc(-c2ccccc2)c1C(F)(F)F. The second-order valence-corrected chi connectivity index (χ2v) is 4.04. The zero-order chi connectivity index (χ0) is 13.9. The number of nitriles is 1. The summed E-state index contributed by atoms with van der Waals surface area (Å²) in [6.45, 7) is 0.